The largest absolute Gasteiger partial charge is 0.317 e. The van der Waals surface area contributed by atoms with E-state index in [9.17, 15) is 8.42 Å². The second-order valence-corrected chi connectivity index (χ2v) is 6.34. The predicted octanol–water partition coefficient (Wildman–Crippen LogP) is 2.16. The third kappa shape index (κ3) is 4.88. The van der Waals surface area contributed by atoms with Gasteiger partial charge in [0.15, 0.2) is 9.84 Å². The Bertz CT molecular complexity index is 423. The third-order valence-electron chi connectivity index (χ3n) is 2.57. The monoisotopic (exact) mass is 255 g/mol. The molecule has 1 aromatic rings. The molecule has 0 saturated heterocycles. The van der Waals surface area contributed by atoms with Gasteiger partial charge in [-0.05, 0) is 45.0 Å². The van der Waals surface area contributed by atoms with E-state index in [1.54, 1.807) is 12.1 Å². The van der Waals surface area contributed by atoms with E-state index in [0.717, 1.165) is 25.1 Å². The smallest absolute Gasteiger partial charge is 0.178 e. The Hall–Kier alpha value is -0.870. The highest BCUT2D eigenvalue weighted by atomic mass is 32.2. The van der Waals surface area contributed by atoms with Gasteiger partial charge >= 0.3 is 0 Å². The maximum atomic E-state index is 11.9. The van der Waals surface area contributed by atoms with Gasteiger partial charge < -0.3 is 5.32 Å². The average Bonchev–Trinajstić information content (AvgIpc) is 2.29. The number of aryl methyl sites for hydroxylation is 1. The van der Waals surface area contributed by atoms with Crippen LogP contribution in [0.3, 0.4) is 0 Å². The third-order valence-corrected chi connectivity index (χ3v) is 4.39. The van der Waals surface area contributed by atoms with Crippen molar-refractivity contribution in [3.8, 4) is 0 Å². The first-order valence-corrected chi connectivity index (χ1v) is 7.71. The highest BCUT2D eigenvalue weighted by Crippen LogP contribution is 2.12. The highest BCUT2D eigenvalue weighted by Gasteiger charge is 2.12. The predicted molar refractivity (Wildman–Crippen MR) is 71.0 cm³/mol. The van der Waals surface area contributed by atoms with Gasteiger partial charge in [-0.2, -0.15) is 0 Å². The van der Waals surface area contributed by atoms with Crippen LogP contribution in [0.4, 0.5) is 0 Å². The van der Waals surface area contributed by atoms with Crippen molar-refractivity contribution in [1.82, 2.24) is 5.32 Å². The van der Waals surface area contributed by atoms with Crippen molar-refractivity contribution in [3.05, 3.63) is 29.8 Å². The van der Waals surface area contributed by atoms with Crippen molar-refractivity contribution in [2.75, 3.05) is 18.8 Å². The fourth-order valence-electron chi connectivity index (χ4n) is 1.55. The standard InChI is InChI=1S/C13H21NO2S/c1-3-9-14-10-4-11-17(15,16)13-7-5-12(2)6-8-13/h5-8,14H,3-4,9-11H2,1-2H3. The van der Waals surface area contributed by atoms with E-state index in [-0.39, 0.29) is 5.75 Å². The molecule has 0 bridgehead atoms. The molecule has 0 spiro atoms. The second-order valence-electron chi connectivity index (χ2n) is 4.24. The first-order chi connectivity index (χ1) is 8.06. The van der Waals surface area contributed by atoms with Crippen LogP contribution in [0, 0.1) is 6.92 Å². The number of hydrogen-bond acceptors (Lipinski definition) is 3. The van der Waals surface area contributed by atoms with Crippen LogP contribution < -0.4 is 5.32 Å². The van der Waals surface area contributed by atoms with Gasteiger partial charge in [0, 0.05) is 0 Å². The summed E-state index contributed by atoms with van der Waals surface area (Å²) in [6.07, 6.45) is 1.74. The molecule has 1 rings (SSSR count). The van der Waals surface area contributed by atoms with Crippen molar-refractivity contribution in [2.45, 2.75) is 31.6 Å². The minimum Gasteiger partial charge on any atom is -0.317 e. The summed E-state index contributed by atoms with van der Waals surface area (Å²) in [5.74, 6) is 0.215. The summed E-state index contributed by atoms with van der Waals surface area (Å²) in [6.45, 7) is 5.75. The average molecular weight is 255 g/mol. The Kier molecular flexibility index (Phi) is 5.65. The van der Waals surface area contributed by atoms with Crippen molar-refractivity contribution < 1.29 is 8.42 Å². The Labute approximate surface area is 104 Å². The molecule has 0 fully saturated rings. The lowest BCUT2D eigenvalue weighted by Gasteiger charge is -2.05. The van der Waals surface area contributed by atoms with Crippen LogP contribution in [0.15, 0.2) is 29.2 Å². The Morgan fingerprint density at radius 3 is 2.35 bits per heavy atom. The SMILES string of the molecule is CCCNCCCS(=O)(=O)c1ccc(C)cc1. The van der Waals surface area contributed by atoms with E-state index >= 15 is 0 Å². The van der Waals surface area contributed by atoms with Crippen molar-refractivity contribution in [2.24, 2.45) is 0 Å². The van der Waals surface area contributed by atoms with Crippen LogP contribution in [0.5, 0.6) is 0 Å². The molecule has 0 aliphatic heterocycles. The van der Waals surface area contributed by atoms with Crippen molar-refractivity contribution in [3.63, 3.8) is 0 Å². The van der Waals surface area contributed by atoms with Gasteiger partial charge in [-0.3, -0.25) is 0 Å². The fourth-order valence-corrected chi connectivity index (χ4v) is 2.86. The van der Waals surface area contributed by atoms with Crippen molar-refractivity contribution >= 4 is 9.84 Å². The van der Waals surface area contributed by atoms with E-state index in [1.807, 2.05) is 19.1 Å². The molecule has 0 saturated carbocycles. The van der Waals surface area contributed by atoms with Crippen LogP contribution in [0.2, 0.25) is 0 Å². The topological polar surface area (TPSA) is 46.2 Å². The summed E-state index contributed by atoms with van der Waals surface area (Å²) >= 11 is 0. The Balaban J connectivity index is 2.48. The molecule has 1 N–H and O–H groups in total. The minimum atomic E-state index is -3.10. The number of hydrogen-bond donors (Lipinski definition) is 1. The number of sulfone groups is 1. The van der Waals surface area contributed by atoms with E-state index in [0.29, 0.717) is 11.3 Å². The lowest BCUT2D eigenvalue weighted by molar-refractivity contribution is 0.588. The van der Waals surface area contributed by atoms with Gasteiger partial charge in [-0.1, -0.05) is 24.6 Å². The molecular weight excluding hydrogens is 234 g/mol. The van der Waals surface area contributed by atoms with E-state index in [1.165, 1.54) is 0 Å². The number of benzene rings is 1. The summed E-state index contributed by atoms with van der Waals surface area (Å²) in [4.78, 5) is 0.429. The molecule has 4 heteroatoms. The second kappa shape index (κ2) is 6.77. The number of rotatable bonds is 7. The minimum absolute atomic E-state index is 0.215. The summed E-state index contributed by atoms with van der Waals surface area (Å²) in [5, 5.41) is 3.20. The highest BCUT2D eigenvalue weighted by molar-refractivity contribution is 7.91. The fraction of sp³-hybridized carbons (Fsp3) is 0.538. The summed E-state index contributed by atoms with van der Waals surface area (Å²) < 4.78 is 23.9. The van der Waals surface area contributed by atoms with Gasteiger partial charge in [0.2, 0.25) is 0 Å². The molecule has 0 atom stereocenters. The molecule has 0 unspecified atom stereocenters. The van der Waals surface area contributed by atoms with Gasteiger partial charge in [-0.25, -0.2) is 8.42 Å². The molecule has 0 aromatic heterocycles. The van der Waals surface area contributed by atoms with Crippen LogP contribution in [-0.2, 0) is 9.84 Å². The zero-order valence-corrected chi connectivity index (χ0v) is 11.4. The molecule has 0 amide bonds. The van der Waals surface area contributed by atoms with Crippen molar-refractivity contribution in [1.29, 1.82) is 0 Å². The first-order valence-electron chi connectivity index (χ1n) is 6.06. The van der Waals surface area contributed by atoms with Crippen LogP contribution in [0.25, 0.3) is 0 Å². The number of nitrogens with one attached hydrogen (secondary N) is 1. The molecule has 0 heterocycles. The van der Waals surface area contributed by atoms with Gasteiger partial charge in [0.1, 0.15) is 0 Å². The normalized spacial score (nSPS) is 11.6. The molecule has 3 nitrogen and oxygen atoms in total. The molecule has 0 aliphatic rings. The molecule has 1 aromatic carbocycles. The van der Waals surface area contributed by atoms with Gasteiger partial charge in [0.25, 0.3) is 0 Å². The Morgan fingerprint density at radius 1 is 1.12 bits per heavy atom. The Morgan fingerprint density at radius 2 is 1.76 bits per heavy atom. The van der Waals surface area contributed by atoms with E-state index in [4.69, 9.17) is 0 Å². The maximum absolute atomic E-state index is 11.9. The molecule has 0 aliphatic carbocycles. The maximum Gasteiger partial charge on any atom is 0.178 e. The lowest BCUT2D eigenvalue weighted by Crippen LogP contribution is -2.19. The first kappa shape index (κ1) is 14.2. The molecular formula is C13H21NO2S. The van der Waals surface area contributed by atoms with Gasteiger partial charge in [0.05, 0.1) is 10.6 Å². The quantitative estimate of drug-likeness (QED) is 0.759. The van der Waals surface area contributed by atoms with Crippen LogP contribution in [0.1, 0.15) is 25.3 Å². The van der Waals surface area contributed by atoms with Crippen LogP contribution >= 0.6 is 0 Å². The molecule has 96 valence electrons. The lowest BCUT2D eigenvalue weighted by atomic mass is 10.2. The van der Waals surface area contributed by atoms with E-state index in [2.05, 4.69) is 12.2 Å². The summed E-state index contributed by atoms with van der Waals surface area (Å²) in [5.41, 5.74) is 1.08. The molecule has 0 radical (unpaired) electrons. The molecule has 17 heavy (non-hydrogen) atoms. The zero-order valence-electron chi connectivity index (χ0n) is 10.6. The zero-order chi connectivity index (χ0) is 12.7. The summed E-state index contributed by atoms with van der Waals surface area (Å²) in [7, 11) is -3.10. The van der Waals surface area contributed by atoms with Gasteiger partial charge in [-0.15, -0.1) is 0 Å². The van der Waals surface area contributed by atoms with Crippen LogP contribution in [-0.4, -0.2) is 27.3 Å². The van der Waals surface area contributed by atoms with E-state index < -0.39 is 9.84 Å². The summed E-state index contributed by atoms with van der Waals surface area (Å²) in [6, 6.07) is 7.04.